The minimum atomic E-state index is -1.08. The molecule has 0 saturated carbocycles. The summed E-state index contributed by atoms with van der Waals surface area (Å²) in [5.74, 6) is -0.663. The molecule has 0 fully saturated rings. The van der Waals surface area contributed by atoms with Gasteiger partial charge in [-0.15, -0.1) is 0 Å². The molecular weight excluding hydrogens is 264 g/mol. The Morgan fingerprint density at radius 3 is 1.60 bits per heavy atom. The summed E-state index contributed by atoms with van der Waals surface area (Å²) in [7, 11) is 0. The predicted octanol–water partition coefficient (Wildman–Crippen LogP) is 0.367. The van der Waals surface area contributed by atoms with Crippen molar-refractivity contribution in [3.8, 4) is 0 Å². The summed E-state index contributed by atoms with van der Waals surface area (Å²) >= 11 is 0. The van der Waals surface area contributed by atoms with Gasteiger partial charge in [0.25, 0.3) is 0 Å². The van der Waals surface area contributed by atoms with E-state index in [-0.39, 0.29) is 68.1 Å². The molecule has 0 heterocycles. The molecule has 0 aromatic heterocycles. The van der Waals surface area contributed by atoms with E-state index in [1.54, 1.807) is 0 Å². The normalized spacial score (nSPS) is 11.9. The van der Waals surface area contributed by atoms with Crippen molar-refractivity contribution in [2.24, 2.45) is 0 Å². The fourth-order valence-electron chi connectivity index (χ4n) is 1.55. The summed E-state index contributed by atoms with van der Waals surface area (Å²) in [5.41, 5.74) is 0. The van der Waals surface area contributed by atoms with Gasteiger partial charge in [0.1, 0.15) is 23.1 Å². The lowest BCUT2D eigenvalue weighted by Crippen LogP contribution is -2.18. The number of carbonyl (C=O) groups is 4. The Bertz CT molecular complexity index is 361. The zero-order chi connectivity index (χ0) is 15.5. The Morgan fingerprint density at radius 2 is 1.20 bits per heavy atom. The maximum absolute atomic E-state index is 11.5. The minimum absolute atomic E-state index is 0.0114. The smallest absolute Gasteiger partial charge is 0.136 e. The van der Waals surface area contributed by atoms with E-state index in [0.29, 0.717) is 0 Å². The van der Waals surface area contributed by atoms with Gasteiger partial charge in [0, 0.05) is 44.9 Å². The van der Waals surface area contributed by atoms with Gasteiger partial charge < -0.3 is 15.0 Å². The van der Waals surface area contributed by atoms with Crippen LogP contribution in [0.2, 0.25) is 0 Å². The molecule has 0 bridgehead atoms. The maximum atomic E-state index is 11.5. The van der Waals surface area contributed by atoms with E-state index in [0.717, 1.165) is 0 Å². The van der Waals surface area contributed by atoms with Crippen LogP contribution in [-0.2, 0) is 19.2 Å². The van der Waals surface area contributed by atoms with Crippen molar-refractivity contribution in [3.63, 3.8) is 0 Å². The van der Waals surface area contributed by atoms with Crippen LogP contribution < -0.4 is 0 Å². The summed E-state index contributed by atoms with van der Waals surface area (Å²) in [6.45, 7) is 0.926. The van der Waals surface area contributed by atoms with E-state index in [9.17, 15) is 19.2 Å². The van der Waals surface area contributed by atoms with Crippen molar-refractivity contribution < 1.29 is 29.4 Å². The zero-order valence-corrected chi connectivity index (χ0v) is 11.8. The number of rotatable bonds is 12. The molecule has 114 valence electrons. The van der Waals surface area contributed by atoms with E-state index < -0.39 is 12.7 Å². The highest BCUT2D eigenvalue weighted by Gasteiger charge is 2.13. The molecule has 0 radical (unpaired) electrons. The molecule has 1 atom stereocenters. The lowest BCUT2D eigenvalue weighted by molar-refractivity contribution is -0.127. The molecule has 0 saturated heterocycles. The lowest BCUT2D eigenvalue weighted by atomic mass is 10.0. The molecule has 0 spiro atoms. The van der Waals surface area contributed by atoms with Crippen molar-refractivity contribution in [2.75, 3.05) is 6.61 Å². The number of carbonyl (C=O) groups excluding carboxylic acids is 4. The Hall–Kier alpha value is -1.40. The van der Waals surface area contributed by atoms with Gasteiger partial charge in [-0.1, -0.05) is 0 Å². The molecule has 20 heavy (non-hydrogen) atoms. The lowest BCUT2D eigenvalue weighted by Gasteiger charge is -2.05. The molecule has 0 aromatic carbocycles. The Balaban J connectivity index is 3.76. The van der Waals surface area contributed by atoms with Gasteiger partial charge >= 0.3 is 0 Å². The first-order chi connectivity index (χ1) is 9.35. The third-order valence-corrected chi connectivity index (χ3v) is 2.80. The first-order valence-corrected chi connectivity index (χ1v) is 6.68. The van der Waals surface area contributed by atoms with Gasteiger partial charge in [-0.3, -0.25) is 14.4 Å². The average Bonchev–Trinajstić information content (AvgIpc) is 2.40. The van der Waals surface area contributed by atoms with E-state index in [1.165, 1.54) is 6.92 Å². The largest absolute Gasteiger partial charge is 0.394 e. The number of hydrogen-bond acceptors (Lipinski definition) is 6. The van der Waals surface area contributed by atoms with Crippen LogP contribution in [-0.4, -0.2) is 46.1 Å². The van der Waals surface area contributed by atoms with Crippen LogP contribution in [0.4, 0.5) is 0 Å². The quantitative estimate of drug-likeness (QED) is 0.536. The SMILES string of the molecule is CC(=O)CCC(=O)CCC(=O)CCC(=O)CC(O)CO. The molecule has 0 amide bonds. The fraction of sp³-hybridized carbons (Fsp3) is 0.714. The third-order valence-electron chi connectivity index (χ3n) is 2.80. The first kappa shape index (κ1) is 18.6. The highest BCUT2D eigenvalue weighted by Crippen LogP contribution is 2.06. The summed E-state index contributed by atoms with van der Waals surface area (Å²) in [6.07, 6.45) is -0.665. The van der Waals surface area contributed by atoms with E-state index in [4.69, 9.17) is 10.2 Å². The highest BCUT2D eigenvalue weighted by atomic mass is 16.3. The van der Waals surface area contributed by atoms with Crippen LogP contribution in [0.25, 0.3) is 0 Å². The second-order valence-corrected chi connectivity index (χ2v) is 4.86. The standard InChI is InChI=1S/C14H22O6/c1-10(16)2-3-11(17)4-5-12(18)6-7-13(19)8-14(20)9-15/h14-15,20H,2-9H2,1H3. The van der Waals surface area contributed by atoms with Gasteiger partial charge in [-0.05, 0) is 6.92 Å². The third kappa shape index (κ3) is 10.5. The van der Waals surface area contributed by atoms with Crippen molar-refractivity contribution in [1.82, 2.24) is 0 Å². The first-order valence-electron chi connectivity index (χ1n) is 6.68. The molecule has 0 rings (SSSR count). The molecular formula is C14H22O6. The second-order valence-electron chi connectivity index (χ2n) is 4.86. The topological polar surface area (TPSA) is 109 Å². The van der Waals surface area contributed by atoms with Crippen LogP contribution in [0, 0.1) is 0 Å². The van der Waals surface area contributed by atoms with Crippen LogP contribution in [0.1, 0.15) is 51.9 Å². The van der Waals surface area contributed by atoms with E-state index in [2.05, 4.69) is 0 Å². The molecule has 6 nitrogen and oxygen atoms in total. The molecule has 0 aromatic rings. The molecule has 0 aliphatic carbocycles. The number of aliphatic hydroxyl groups is 2. The number of aliphatic hydroxyl groups excluding tert-OH is 2. The van der Waals surface area contributed by atoms with Gasteiger partial charge in [-0.25, -0.2) is 0 Å². The van der Waals surface area contributed by atoms with Gasteiger partial charge in [0.05, 0.1) is 12.7 Å². The number of ketones is 4. The van der Waals surface area contributed by atoms with Crippen molar-refractivity contribution in [2.45, 2.75) is 58.0 Å². The molecule has 6 heteroatoms. The monoisotopic (exact) mass is 286 g/mol. The number of hydrogen-bond donors (Lipinski definition) is 2. The Morgan fingerprint density at radius 1 is 0.800 bits per heavy atom. The van der Waals surface area contributed by atoms with Crippen LogP contribution in [0.3, 0.4) is 0 Å². The summed E-state index contributed by atoms with van der Waals surface area (Å²) in [4.78, 5) is 44.8. The maximum Gasteiger partial charge on any atom is 0.136 e. The van der Waals surface area contributed by atoms with E-state index >= 15 is 0 Å². The van der Waals surface area contributed by atoms with Crippen LogP contribution in [0.15, 0.2) is 0 Å². The Labute approximate surface area is 118 Å². The summed E-state index contributed by atoms with van der Waals surface area (Å²) < 4.78 is 0. The second kappa shape index (κ2) is 10.4. The van der Waals surface area contributed by atoms with Gasteiger partial charge in [0.2, 0.25) is 0 Å². The average molecular weight is 286 g/mol. The highest BCUT2D eigenvalue weighted by molar-refractivity contribution is 5.90. The minimum Gasteiger partial charge on any atom is -0.394 e. The van der Waals surface area contributed by atoms with Crippen molar-refractivity contribution in [1.29, 1.82) is 0 Å². The molecule has 0 aliphatic heterocycles. The zero-order valence-electron chi connectivity index (χ0n) is 11.8. The van der Waals surface area contributed by atoms with Crippen LogP contribution >= 0.6 is 0 Å². The summed E-state index contributed by atoms with van der Waals surface area (Å²) in [6, 6.07) is 0. The Kier molecular flexibility index (Phi) is 9.67. The molecule has 1 unspecified atom stereocenters. The predicted molar refractivity (Wildman–Crippen MR) is 71.1 cm³/mol. The van der Waals surface area contributed by atoms with Gasteiger partial charge in [0.15, 0.2) is 0 Å². The number of Topliss-reactive ketones (excluding diaryl/α,β-unsaturated/α-hetero) is 4. The van der Waals surface area contributed by atoms with Crippen LogP contribution in [0.5, 0.6) is 0 Å². The fourth-order valence-corrected chi connectivity index (χ4v) is 1.55. The van der Waals surface area contributed by atoms with E-state index in [1.807, 2.05) is 0 Å². The van der Waals surface area contributed by atoms with Crippen molar-refractivity contribution in [3.05, 3.63) is 0 Å². The van der Waals surface area contributed by atoms with Crippen molar-refractivity contribution >= 4 is 23.1 Å². The summed E-state index contributed by atoms with van der Waals surface area (Å²) in [5, 5.41) is 17.6. The molecule has 2 N–H and O–H groups in total. The molecule has 0 aliphatic rings. The van der Waals surface area contributed by atoms with Gasteiger partial charge in [-0.2, -0.15) is 0 Å².